The number of hydrogen-bond acceptors (Lipinski definition) is 8. The van der Waals surface area contributed by atoms with Crippen molar-refractivity contribution in [3.05, 3.63) is 17.3 Å². The van der Waals surface area contributed by atoms with Crippen molar-refractivity contribution in [3.8, 4) is 0 Å². The summed E-state index contributed by atoms with van der Waals surface area (Å²) < 4.78 is 15.6. The van der Waals surface area contributed by atoms with Gasteiger partial charge in [0.25, 0.3) is 0 Å². The van der Waals surface area contributed by atoms with Gasteiger partial charge in [-0.15, -0.1) is 11.3 Å². The zero-order valence-electron chi connectivity index (χ0n) is 11.3. The lowest BCUT2D eigenvalue weighted by molar-refractivity contribution is 0.0185. The molecule has 20 heavy (non-hydrogen) atoms. The Kier molecular flexibility index (Phi) is 6.09. The number of nitrogens with zero attached hydrogens (tertiary/aromatic N) is 2. The highest BCUT2D eigenvalue weighted by Gasteiger charge is 2.07. The van der Waals surface area contributed by atoms with Crippen molar-refractivity contribution >= 4 is 27.4 Å². The summed E-state index contributed by atoms with van der Waals surface area (Å²) in [6, 6.07) is 1.93. The summed E-state index contributed by atoms with van der Waals surface area (Å²) in [6.45, 7) is 2.49. The maximum atomic E-state index is 5.47. The van der Waals surface area contributed by atoms with Crippen LogP contribution in [0.25, 0.3) is 10.2 Å². The molecule has 0 bridgehead atoms. The van der Waals surface area contributed by atoms with Gasteiger partial charge in [0.1, 0.15) is 11.4 Å². The van der Waals surface area contributed by atoms with Crippen molar-refractivity contribution in [2.75, 3.05) is 39.0 Å². The molecule has 0 atom stereocenters. The van der Waals surface area contributed by atoms with E-state index in [9.17, 15) is 0 Å². The molecule has 0 aromatic carbocycles. The predicted molar refractivity (Wildman–Crippen MR) is 77.6 cm³/mol. The fraction of sp³-hybridized carbons (Fsp3) is 0.500. The molecule has 0 saturated heterocycles. The molecule has 0 fully saturated rings. The number of nitrogens with one attached hydrogen (secondary N) is 1. The first-order valence-electron chi connectivity index (χ1n) is 6.20. The topological polar surface area (TPSA) is 91.5 Å². The molecule has 7 nitrogen and oxygen atoms in total. The van der Waals surface area contributed by atoms with E-state index in [0.717, 1.165) is 10.2 Å². The maximum Gasteiger partial charge on any atom is 0.158 e. The summed E-state index contributed by atoms with van der Waals surface area (Å²) in [6.07, 6.45) is 0. The summed E-state index contributed by atoms with van der Waals surface area (Å²) in [5.74, 6) is 6.68. The van der Waals surface area contributed by atoms with Crippen LogP contribution in [0.15, 0.2) is 11.4 Å². The molecule has 8 heteroatoms. The van der Waals surface area contributed by atoms with E-state index < -0.39 is 0 Å². The summed E-state index contributed by atoms with van der Waals surface area (Å²) in [5, 5.41) is 2.87. The number of nitrogen functional groups attached to an aromatic ring is 1. The number of hydrazine groups is 1. The second-order valence-electron chi connectivity index (χ2n) is 3.93. The van der Waals surface area contributed by atoms with Crippen LogP contribution in [0, 0.1) is 0 Å². The summed E-state index contributed by atoms with van der Waals surface area (Å²) >= 11 is 1.54. The number of aromatic nitrogens is 2. The molecule has 2 aromatic heterocycles. The average Bonchev–Trinajstić information content (AvgIpc) is 2.93. The average molecular weight is 298 g/mol. The molecular formula is C12H18N4O3S. The molecule has 2 rings (SSSR count). The fourth-order valence-electron chi connectivity index (χ4n) is 1.60. The Hall–Kier alpha value is -1.32. The lowest BCUT2D eigenvalue weighted by Crippen LogP contribution is -2.12. The van der Waals surface area contributed by atoms with Crippen LogP contribution in [-0.2, 0) is 20.8 Å². The second kappa shape index (κ2) is 8.08. The molecule has 0 radical (unpaired) electrons. The van der Waals surface area contributed by atoms with Gasteiger partial charge in [0, 0.05) is 7.11 Å². The second-order valence-corrected chi connectivity index (χ2v) is 4.82. The Bertz CT molecular complexity index is 534. The van der Waals surface area contributed by atoms with Crippen LogP contribution in [0.4, 0.5) is 5.82 Å². The van der Waals surface area contributed by atoms with Crippen molar-refractivity contribution in [2.45, 2.75) is 6.61 Å². The van der Waals surface area contributed by atoms with E-state index in [1.807, 2.05) is 11.4 Å². The zero-order valence-corrected chi connectivity index (χ0v) is 12.1. The molecular weight excluding hydrogens is 280 g/mol. The van der Waals surface area contributed by atoms with Crippen LogP contribution < -0.4 is 11.3 Å². The molecule has 2 heterocycles. The molecule has 0 amide bonds. The van der Waals surface area contributed by atoms with Crippen molar-refractivity contribution in [1.29, 1.82) is 0 Å². The van der Waals surface area contributed by atoms with Crippen LogP contribution in [0.5, 0.6) is 0 Å². The normalized spacial score (nSPS) is 11.1. The van der Waals surface area contributed by atoms with E-state index in [-0.39, 0.29) is 0 Å². The smallest absolute Gasteiger partial charge is 0.158 e. The molecule has 0 aliphatic carbocycles. The van der Waals surface area contributed by atoms with Crippen molar-refractivity contribution < 1.29 is 14.2 Å². The number of ether oxygens (including phenoxy) is 3. The van der Waals surface area contributed by atoms with Gasteiger partial charge in [-0.05, 0) is 11.4 Å². The largest absolute Gasteiger partial charge is 0.382 e. The SMILES string of the molecule is COCCOCCOCc1nc(NN)c2ccsc2n1. The molecule has 2 aromatic rings. The van der Waals surface area contributed by atoms with Crippen LogP contribution in [-0.4, -0.2) is 43.5 Å². The van der Waals surface area contributed by atoms with Crippen LogP contribution >= 0.6 is 11.3 Å². The van der Waals surface area contributed by atoms with Crippen LogP contribution in [0.3, 0.4) is 0 Å². The number of thiophene rings is 1. The Balaban J connectivity index is 1.81. The molecule has 0 saturated carbocycles. The fourth-order valence-corrected chi connectivity index (χ4v) is 2.38. The minimum atomic E-state index is 0.330. The molecule has 0 unspecified atom stereocenters. The molecule has 0 spiro atoms. The van der Waals surface area contributed by atoms with Gasteiger partial charge in [0.15, 0.2) is 11.6 Å². The minimum Gasteiger partial charge on any atom is -0.382 e. The Morgan fingerprint density at radius 3 is 2.80 bits per heavy atom. The highest BCUT2D eigenvalue weighted by atomic mass is 32.1. The third-order valence-electron chi connectivity index (χ3n) is 2.54. The minimum absolute atomic E-state index is 0.330. The Morgan fingerprint density at radius 1 is 1.20 bits per heavy atom. The standard InChI is InChI=1S/C12H18N4O3S/c1-17-3-4-18-5-6-19-8-10-14-11(16-13)9-2-7-20-12(9)15-10/h2,7H,3-6,8,13H2,1H3,(H,14,15,16). The van der Waals surface area contributed by atoms with Gasteiger partial charge in [0.2, 0.25) is 0 Å². The number of anilines is 1. The van der Waals surface area contributed by atoms with Gasteiger partial charge in [0.05, 0.1) is 31.8 Å². The van der Waals surface area contributed by atoms with E-state index in [2.05, 4.69) is 15.4 Å². The molecule has 3 N–H and O–H groups in total. The Labute approximate surface area is 121 Å². The number of hydrogen-bond donors (Lipinski definition) is 2. The summed E-state index contributed by atoms with van der Waals surface area (Å²) in [7, 11) is 1.64. The van der Waals surface area contributed by atoms with Gasteiger partial charge in [-0.2, -0.15) is 0 Å². The Morgan fingerprint density at radius 2 is 2.00 bits per heavy atom. The predicted octanol–water partition coefficient (Wildman–Crippen LogP) is 1.16. The summed E-state index contributed by atoms with van der Waals surface area (Å²) in [5.41, 5.74) is 2.58. The monoisotopic (exact) mass is 298 g/mol. The van der Waals surface area contributed by atoms with E-state index >= 15 is 0 Å². The van der Waals surface area contributed by atoms with Gasteiger partial charge < -0.3 is 19.6 Å². The van der Waals surface area contributed by atoms with Gasteiger partial charge in [-0.25, -0.2) is 15.8 Å². The van der Waals surface area contributed by atoms with Gasteiger partial charge in [-0.3, -0.25) is 0 Å². The third kappa shape index (κ3) is 4.09. The highest BCUT2D eigenvalue weighted by Crippen LogP contribution is 2.24. The number of methoxy groups -OCH3 is 1. The molecule has 110 valence electrons. The first-order chi connectivity index (χ1) is 9.85. The molecule has 0 aliphatic rings. The van der Waals surface area contributed by atoms with E-state index in [0.29, 0.717) is 44.7 Å². The zero-order chi connectivity index (χ0) is 14.2. The van der Waals surface area contributed by atoms with E-state index in [1.165, 1.54) is 0 Å². The van der Waals surface area contributed by atoms with Crippen molar-refractivity contribution in [2.24, 2.45) is 5.84 Å². The quantitative estimate of drug-likeness (QED) is 0.407. The number of fused-ring (bicyclic) bond motifs is 1. The first-order valence-corrected chi connectivity index (χ1v) is 7.08. The number of nitrogens with two attached hydrogens (primary N) is 1. The third-order valence-corrected chi connectivity index (χ3v) is 3.35. The maximum absolute atomic E-state index is 5.47. The summed E-state index contributed by atoms with van der Waals surface area (Å²) in [4.78, 5) is 9.62. The van der Waals surface area contributed by atoms with Gasteiger partial charge >= 0.3 is 0 Å². The van der Waals surface area contributed by atoms with Crippen molar-refractivity contribution in [3.63, 3.8) is 0 Å². The first kappa shape index (κ1) is 15.1. The number of rotatable bonds is 9. The van der Waals surface area contributed by atoms with E-state index in [4.69, 9.17) is 20.1 Å². The van der Waals surface area contributed by atoms with Crippen molar-refractivity contribution in [1.82, 2.24) is 9.97 Å². The lowest BCUT2D eigenvalue weighted by Gasteiger charge is -2.07. The van der Waals surface area contributed by atoms with E-state index in [1.54, 1.807) is 18.4 Å². The molecule has 0 aliphatic heterocycles. The van der Waals surface area contributed by atoms with Gasteiger partial charge in [-0.1, -0.05) is 0 Å². The lowest BCUT2D eigenvalue weighted by atomic mass is 10.4. The van der Waals surface area contributed by atoms with Crippen LogP contribution in [0.2, 0.25) is 0 Å². The highest BCUT2D eigenvalue weighted by molar-refractivity contribution is 7.16. The van der Waals surface area contributed by atoms with Crippen LogP contribution in [0.1, 0.15) is 5.82 Å².